The summed E-state index contributed by atoms with van der Waals surface area (Å²) < 4.78 is 18.1. The molecule has 0 bridgehead atoms. The predicted octanol–water partition coefficient (Wildman–Crippen LogP) is 2.05. The maximum atomic E-state index is 12.8. The smallest absolute Gasteiger partial charge is 0.220 e. The summed E-state index contributed by atoms with van der Waals surface area (Å²) in [5, 5.41) is 5.81. The van der Waals surface area contributed by atoms with Crippen LogP contribution < -0.4 is 10.6 Å². The molecule has 1 atom stereocenters. The van der Waals surface area contributed by atoms with Gasteiger partial charge in [0.15, 0.2) is 0 Å². The second kappa shape index (κ2) is 10.6. The summed E-state index contributed by atoms with van der Waals surface area (Å²) in [5.74, 6) is -0.283. The summed E-state index contributed by atoms with van der Waals surface area (Å²) in [6.45, 7) is 1.21. The summed E-state index contributed by atoms with van der Waals surface area (Å²) in [6.07, 6.45) is 1.03. The van der Waals surface area contributed by atoms with Crippen molar-refractivity contribution in [1.82, 2.24) is 10.6 Å². The van der Waals surface area contributed by atoms with Crippen LogP contribution >= 0.6 is 12.4 Å². The Morgan fingerprint density at radius 3 is 2.55 bits per heavy atom. The fourth-order valence-electron chi connectivity index (χ4n) is 1.74. The lowest BCUT2D eigenvalue weighted by Crippen LogP contribution is -2.29. The number of ether oxygens (including phenoxy) is 1. The van der Waals surface area contributed by atoms with E-state index in [2.05, 4.69) is 10.6 Å². The maximum Gasteiger partial charge on any atom is 0.220 e. The molecule has 1 unspecified atom stereocenters. The maximum absolute atomic E-state index is 12.8. The van der Waals surface area contributed by atoms with Crippen LogP contribution in [0.2, 0.25) is 0 Å². The summed E-state index contributed by atoms with van der Waals surface area (Å²) in [5.41, 5.74) is 0.847. The van der Waals surface area contributed by atoms with Gasteiger partial charge in [0.2, 0.25) is 5.91 Å². The van der Waals surface area contributed by atoms with E-state index in [9.17, 15) is 9.18 Å². The van der Waals surface area contributed by atoms with Gasteiger partial charge in [0.05, 0.1) is 6.10 Å². The minimum atomic E-state index is -0.283. The molecule has 1 aromatic carbocycles. The largest absolute Gasteiger partial charge is 0.375 e. The van der Waals surface area contributed by atoms with Gasteiger partial charge in [-0.15, -0.1) is 12.4 Å². The van der Waals surface area contributed by atoms with Crippen molar-refractivity contribution in [2.24, 2.45) is 0 Å². The molecule has 0 aliphatic heterocycles. The number of carbonyl (C=O) groups is 1. The number of methoxy groups -OCH3 is 1. The highest BCUT2D eigenvalue weighted by atomic mass is 35.5. The highest BCUT2D eigenvalue weighted by Crippen LogP contribution is 2.16. The molecule has 0 aliphatic rings. The van der Waals surface area contributed by atoms with Gasteiger partial charge in [-0.25, -0.2) is 4.39 Å². The number of carbonyl (C=O) groups excluding carboxylic acids is 1. The molecule has 0 heterocycles. The molecule has 0 radical (unpaired) electrons. The van der Waals surface area contributed by atoms with E-state index in [4.69, 9.17) is 4.74 Å². The van der Waals surface area contributed by atoms with Gasteiger partial charge in [-0.2, -0.15) is 0 Å². The van der Waals surface area contributed by atoms with E-state index in [-0.39, 0.29) is 30.2 Å². The van der Waals surface area contributed by atoms with E-state index in [1.165, 1.54) is 12.1 Å². The quantitative estimate of drug-likeness (QED) is 0.723. The molecule has 0 aromatic heterocycles. The summed E-state index contributed by atoms with van der Waals surface area (Å²) in [6, 6.07) is 6.10. The van der Waals surface area contributed by atoms with Gasteiger partial charge in [-0.1, -0.05) is 12.1 Å². The van der Waals surface area contributed by atoms with E-state index < -0.39 is 0 Å². The molecule has 1 amide bonds. The van der Waals surface area contributed by atoms with Crippen LogP contribution in [0.3, 0.4) is 0 Å². The van der Waals surface area contributed by atoms with Crippen LogP contribution in [0.25, 0.3) is 0 Å². The van der Waals surface area contributed by atoms with Crippen LogP contribution in [0.1, 0.15) is 24.5 Å². The molecular formula is C14H22ClFN2O2. The Bertz CT molecular complexity index is 387. The van der Waals surface area contributed by atoms with Gasteiger partial charge >= 0.3 is 0 Å². The third-order valence-corrected chi connectivity index (χ3v) is 2.84. The Morgan fingerprint density at radius 2 is 2.00 bits per heavy atom. The first kappa shape index (κ1) is 18.8. The van der Waals surface area contributed by atoms with Crippen molar-refractivity contribution >= 4 is 18.3 Å². The van der Waals surface area contributed by atoms with Crippen LogP contribution in [0.5, 0.6) is 0 Å². The Morgan fingerprint density at radius 1 is 1.35 bits per heavy atom. The lowest BCUT2D eigenvalue weighted by atomic mass is 10.1. The van der Waals surface area contributed by atoms with Crippen LogP contribution in [0, 0.1) is 5.82 Å². The third-order valence-electron chi connectivity index (χ3n) is 2.84. The van der Waals surface area contributed by atoms with Crippen molar-refractivity contribution in [3.8, 4) is 0 Å². The van der Waals surface area contributed by atoms with Gasteiger partial charge < -0.3 is 15.4 Å². The van der Waals surface area contributed by atoms with Crippen LogP contribution in [-0.4, -0.2) is 33.2 Å². The molecule has 2 N–H and O–H groups in total. The molecule has 0 fully saturated rings. The molecule has 0 saturated carbocycles. The van der Waals surface area contributed by atoms with Gasteiger partial charge in [-0.05, 0) is 37.7 Å². The molecule has 6 heteroatoms. The number of benzene rings is 1. The van der Waals surface area contributed by atoms with Gasteiger partial charge in [-0.3, -0.25) is 4.79 Å². The van der Waals surface area contributed by atoms with E-state index in [1.807, 2.05) is 7.05 Å². The number of rotatable bonds is 8. The molecule has 0 spiro atoms. The first-order valence-corrected chi connectivity index (χ1v) is 6.37. The van der Waals surface area contributed by atoms with Crippen LogP contribution in [-0.2, 0) is 9.53 Å². The van der Waals surface area contributed by atoms with Crippen molar-refractivity contribution in [3.63, 3.8) is 0 Å². The molecular weight excluding hydrogens is 283 g/mol. The Labute approximate surface area is 125 Å². The van der Waals surface area contributed by atoms with E-state index in [0.29, 0.717) is 13.0 Å². The Hall–Kier alpha value is -1.17. The van der Waals surface area contributed by atoms with Crippen LogP contribution in [0.15, 0.2) is 24.3 Å². The van der Waals surface area contributed by atoms with E-state index in [1.54, 1.807) is 19.2 Å². The van der Waals surface area contributed by atoms with Crippen molar-refractivity contribution in [3.05, 3.63) is 35.6 Å². The zero-order valence-corrected chi connectivity index (χ0v) is 12.6. The minimum Gasteiger partial charge on any atom is -0.375 e. The van der Waals surface area contributed by atoms with E-state index in [0.717, 1.165) is 18.5 Å². The highest BCUT2D eigenvalue weighted by Gasteiger charge is 2.11. The second-order valence-electron chi connectivity index (χ2n) is 4.29. The molecule has 0 saturated heterocycles. The first-order valence-electron chi connectivity index (χ1n) is 6.37. The lowest BCUT2D eigenvalue weighted by Gasteiger charge is -2.16. The predicted molar refractivity (Wildman–Crippen MR) is 79.6 cm³/mol. The molecule has 1 aromatic rings. The van der Waals surface area contributed by atoms with Gasteiger partial charge in [0, 0.05) is 20.1 Å². The standard InChI is InChI=1S/C14H21FN2O2.ClH/c1-16-9-3-4-14(18)17-10-13(19-2)11-5-7-12(15)8-6-11;/h5-8,13,16H,3-4,9-10H2,1-2H3,(H,17,18);1H. The SMILES string of the molecule is CNCCCC(=O)NCC(OC)c1ccc(F)cc1.Cl. The number of hydrogen-bond acceptors (Lipinski definition) is 3. The fourth-order valence-corrected chi connectivity index (χ4v) is 1.74. The molecule has 4 nitrogen and oxygen atoms in total. The zero-order valence-electron chi connectivity index (χ0n) is 11.8. The molecule has 20 heavy (non-hydrogen) atoms. The first-order chi connectivity index (χ1) is 9.17. The van der Waals surface area contributed by atoms with Gasteiger partial charge in [0.1, 0.15) is 5.82 Å². The summed E-state index contributed by atoms with van der Waals surface area (Å²) in [4.78, 5) is 11.6. The molecule has 0 aliphatic carbocycles. The average molecular weight is 305 g/mol. The topological polar surface area (TPSA) is 50.4 Å². The van der Waals surface area contributed by atoms with Crippen molar-refractivity contribution in [2.45, 2.75) is 18.9 Å². The van der Waals surface area contributed by atoms with Crippen molar-refractivity contribution < 1.29 is 13.9 Å². The van der Waals surface area contributed by atoms with Crippen molar-refractivity contribution in [2.75, 3.05) is 27.2 Å². The fraction of sp³-hybridized carbons (Fsp3) is 0.500. The number of nitrogens with one attached hydrogen (secondary N) is 2. The third kappa shape index (κ3) is 6.84. The Balaban J connectivity index is 0.00000361. The number of halogens is 2. The normalized spacial score (nSPS) is 11.6. The average Bonchev–Trinajstić information content (AvgIpc) is 2.41. The molecule has 1 rings (SSSR count). The number of hydrogen-bond donors (Lipinski definition) is 2. The Kier molecular flexibility index (Phi) is 9.98. The van der Waals surface area contributed by atoms with E-state index >= 15 is 0 Å². The van der Waals surface area contributed by atoms with Crippen molar-refractivity contribution in [1.29, 1.82) is 0 Å². The summed E-state index contributed by atoms with van der Waals surface area (Å²) in [7, 11) is 3.43. The minimum absolute atomic E-state index is 0. The second-order valence-corrected chi connectivity index (χ2v) is 4.29. The zero-order chi connectivity index (χ0) is 14.1. The lowest BCUT2D eigenvalue weighted by molar-refractivity contribution is -0.121. The number of amides is 1. The summed E-state index contributed by atoms with van der Waals surface area (Å²) >= 11 is 0. The van der Waals surface area contributed by atoms with Crippen LogP contribution in [0.4, 0.5) is 4.39 Å². The monoisotopic (exact) mass is 304 g/mol. The molecule has 114 valence electrons. The highest BCUT2D eigenvalue weighted by molar-refractivity contribution is 5.85. The van der Waals surface area contributed by atoms with Gasteiger partial charge in [0.25, 0.3) is 0 Å².